The summed E-state index contributed by atoms with van der Waals surface area (Å²) < 4.78 is 0. The summed E-state index contributed by atoms with van der Waals surface area (Å²) in [7, 11) is 0. The number of hydrogen-bond donors (Lipinski definition) is 0. The van der Waals surface area contributed by atoms with Crippen LogP contribution in [0.15, 0.2) is 0 Å². The molecule has 0 bridgehead atoms. The summed E-state index contributed by atoms with van der Waals surface area (Å²) in [5.74, 6) is 0. The SMILES string of the molecule is [CH-]=O.[Ir].[Pt]. The molecule has 0 aliphatic rings. The van der Waals surface area contributed by atoms with Gasteiger partial charge in [0.05, 0.1) is 0 Å². The molecule has 0 unspecified atom stereocenters. The second-order valence-corrected chi connectivity index (χ2v) is 0. The van der Waals surface area contributed by atoms with Gasteiger partial charge in [-0.2, -0.15) is 0 Å². The Morgan fingerprint density at radius 2 is 1.25 bits per heavy atom. The smallest absolute Gasteiger partial charge is 0 e. The van der Waals surface area contributed by atoms with Gasteiger partial charge in [0.25, 0.3) is 0 Å². The van der Waals surface area contributed by atoms with E-state index in [1.807, 2.05) is 0 Å². The van der Waals surface area contributed by atoms with Crippen LogP contribution in [0.3, 0.4) is 0 Å². The summed E-state index contributed by atoms with van der Waals surface area (Å²) in [5.41, 5.74) is 0. The van der Waals surface area contributed by atoms with Gasteiger partial charge in [0, 0.05) is 41.2 Å². The van der Waals surface area contributed by atoms with E-state index in [0.29, 0.717) is 0 Å². The zero-order chi connectivity index (χ0) is 2.00. The summed E-state index contributed by atoms with van der Waals surface area (Å²) in [6.07, 6.45) is 0. The van der Waals surface area contributed by atoms with Crippen LogP contribution in [0.2, 0.25) is 0 Å². The van der Waals surface area contributed by atoms with E-state index in [4.69, 9.17) is 4.79 Å². The van der Waals surface area contributed by atoms with Crippen molar-refractivity contribution in [2.24, 2.45) is 0 Å². The van der Waals surface area contributed by atoms with Gasteiger partial charge in [0.1, 0.15) is 0 Å². The molecular formula is CHIrOPt-. The molecule has 1 radical (unpaired) electrons. The molecule has 0 N–H and O–H groups in total. The number of carbonyl (C=O) groups excluding carboxylic acids is 1. The number of rotatable bonds is 0. The van der Waals surface area contributed by atoms with Crippen LogP contribution in [0.4, 0.5) is 0 Å². The topological polar surface area (TPSA) is 17.1 Å². The molecule has 0 fully saturated rings. The van der Waals surface area contributed by atoms with Crippen LogP contribution in [0.5, 0.6) is 0 Å². The van der Waals surface area contributed by atoms with E-state index in [9.17, 15) is 0 Å². The van der Waals surface area contributed by atoms with Gasteiger partial charge in [0.15, 0.2) is 0 Å². The molecule has 4 heavy (non-hydrogen) atoms. The first kappa shape index (κ1) is 20.0. The van der Waals surface area contributed by atoms with Crippen LogP contribution in [0.25, 0.3) is 0 Å². The Hall–Kier alpha value is 1.01. The van der Waals surface area contributed by atoms with Crippen LogP contribution in [-0.2, 0) is 46.0 Å². The first-order valence-electron chi connectivity index (χ1n) is 0.236. The third-order valence-electron chi connectivity index (χ3n) is 0. The summed E-state index contributed by atoms with van der Waals surface area (Å²) >= 11 is 0. The minimum Gasteiger partial charge on any atom is -0.545 e. The summed E-state index contributed by atoms with van der Waals surface area (Å²) in [6.45, 7) is 3.25. The number of hydrogen-bond acceptors (Lipinski definition) is 1. The van der Waals surface area contributed by atoms with Gasteiger partial charge in [-0.25, -0.2) is 0 Å². The van der Waals surface area contributed by atoms with E-state index in [1.165, 1.54) is 0 Å². The molecular weight excluding hydrogens is 415 g/mol. The van der Waals surface area contributed by atoms with Crippen molar-refractivity contribution in [3.63, 3.8) is 0 Å². The predicted molar refractivity (Wildman–Crippen MR) is 6.75 cm³/mol. The van der Waals surface area contributed by atoms with Crippen LogP contribution < -0.4 is 0 Å². The molecule has 0 spiro atoms. The first-order valence-corrected chi connectivity index (χ1v) is 0.236. The van der Waals surface area contributed by atoms with E-state index < -0.39 is 0 Å². The fourth-order valence-electron chi connectivity index (χ4n) is 0. The van der Waals surface area contributed by atoms with Crippen molar-refractivity contribution in [2.75, 3.05) is 0 Å². The maximum absolute atomic E-state index is 7.75. The minimum atomic E-state index is 0. The summed E-state index contributed by atoms with van der Waals surface area (Å²) in [6, 6.07) is 0. The van der Waals surface area contributed by atoms with E-state index >= 15 is 0 Å². The van der Waals surface area contributed by atoms with E-state index in [0.717, 1.165) is 0 Å². The van der Waals surface area contributed by atoms with E-state index in [1.54, 1.807) is 0 Å². The van der Waals surface area contributed by atoms with E-state index in [2.05, 4.69) is 6.79 Å². The molecule has 0 aromatic rings. The Labute approximate surface area is 52.8 Å². The van der Waals surface area contributed by atoms with Gasteiger partial charge >= 0.3 is 0 Å². The normalized spacial score (nSPS) is 1.00. The summed E-state index contributed by atoms with van der Waals surface area (Å²) in [5, 5.41) is 0. The van der Waals surface area contributed by atoms with Crippen LogP contribution in [-0.4, -0.2) is 6.79 Å². The Balaban J connectivity index is -0.00000000500. The third-order valence-corrected chi connectivity index (χ3v) is 0. The third kappa shape index (κ3) is 11.9. The van der Waals surface area contributed by atoms with Crippen molar-refractivity contribution < 1.29 is 46.0 Å². The summed E-state index contributed by atoms with van der Waals surface area (Å²) in [4.78, 5) is 7.75. The van der Waals surface area contributed by atoms with Crippen molar-refractivity contribution in [3.05, 3.63) is 0 Å². The zero-order valence-electron chi connectivity index (χ0n) is 1.64. The molecule has 0 aromatic heterocycles. The molecule has 0 saturated carbocycles. The fraction of sp³-hybridized carbons (Fsp3) is 0. The molecule has 0 heterocycles. The standard InChI is InChI=1S/CHO.Ir.Pt/c1-2;;/h1H;;/q-1;;. The molecule has 0 rings (SSSR count). The largest absolute Gasteiger partial charge is 0.545 e. The molecule has 31 valence electrons. The Morgan fingerprint density at radius 1 is 1.25 bits per heavy atom. The quantitative estimate of drug-likeness (QED) is 0.392. The fourth-order valence-corrected chi connectivity index (χ4v) is 0. The van der Waals surface area contributed by atoms with Gasteiger partial charge < -0.3 is 4.79 Å². The molecule has 0 amide bonds. The van der Waals surface area contributed by atoms with Crippen molar-refractivity contribution in [1.29, 1.82) is 0 Å². The second kappa shape index (κ2) is 35.7. The Bertz CT molecular complexity index is 8.00. The molecule has 0 aliphatic carbocycles. The van der Waals surface area contributed by atoms with Gasteiger partial charge in [0.2, 0.25) is 0 Å². The average molecular weight is 416 g/mol. The van der Waals surface area contributed by atoms with Crippen molar-refractivity contribution >= 4 is 6.79 Å². The molecule has 1 nitrogen and oxygen atoms in total. The van der Waals surface area contributed by atoms with Gasteiger partial charge in [-0.1, -0.05) is 0 Å². The second-order valence-electron chi connectivity index (χ2n) is 0. The van der Waals surface area contributed by atoms with Gasteiger partial charge in [-0.05, 0) is 0 Å². The van der Waals surface area contributed by atoms with Crippen LogP contribution >= 0.6 is 0 Å². The van der Waals surface area contributed by atoms with Gasteiger partial charge in [-0.15, -0.1) is 0 Å². The monoisotopic (exact) mass is 417 g/mol. The van der Waals surface area contributed by atoms with Gasteiger partial charge in [-0.3, -0.25) is 6.79 Å². The van der Waals surface area contributed by atoms with Crippen LogP contribution in [0, 0.1) is 0 Å². The van der Waals surface area contributed by atoms with Crippen molar-refractivity contribution in [2.45, 2.75) is 0 Å². The zero-order valence-corrected chi connectivity index (χ0v) is 6.30. The maximum atomic E-state index is 7.75. The van der Waals surface area contributed by atoms with Crippen molar-refractivity contribution in [1.82, 2.24) is 0 Å². The van der Waals surface area contributed by atoms with Crippen LogP contribution in [0.1, 0.15) is 0 Å². The molecule has 0 aromatic carbocycles. The maximum Gasteiger partial charge on any atom is 0 e. The first-order chi connectivity index (χ1) is 1.00. The predicted octanol–water partition coefficient (Wildman–Crippen LogP) is -0.279. The molecule has 3 heteroatoms. The van der Waals surface area contributed by atoms with E-state index in [-0.39, 0.29) is 41.2 Å². The molecule has 0 saturated heterocycles. The van der Waals surface area contributed by atoms with Crippen molar-refractivity contribution in [3.8, 4) is 0 Å². The molecule has 0 aliphatic heterocycles. The average Bonchev–Trinajstić information content (AvgIpc) is 1.00. The Kier molecular flexibility index (Phi) is 178. The molecule has 0 atom stereocenters. The minimum absolute atomic E-state index is 0. The Morgan fingerprint density at radius 3 is 1.25 bits per heavy atom.